The van der Waals surface area contributed by atoms with Crippen molar-refractivity contribution in [1.29, 1.82) is 0 Å². The molecule has 0 amide bonds. The van der Waals surface area contributed by atoms with Gasteiger partial charge in [-0.2, -0.15) is 6.08 Å². The molecular formula is C51H47Cl3Zr-2. The van der Waals surface area contributed by atoms with Gasteiger partial charge in [0.2, 0.25) is 0 Å². The van der Waals surface area contributed by atoms with Gasteiger partial charge in [-0.05, 0) is 39.5 Å². The van der Waals surface area contributed by atoms with E-state index in [1.807, 2.05) is 30.4 Å². The predicted molar refractivity (Wildman–Crippen MR) is 224 cm³/mol. The molecule has 2 aliphatic carbocycles. The van der Waals surface area contributed by atoms with Crippen molar-refractivity contribution in [3.05, 3.63) is 202 Å². The van der Waals surface area contributed by atoms with Crippen molar-refractivity contribution in [2.45, 2.75) is 65.2 Å². The SMILES string of the molecule is CC(C)(C)c1cc2c([c-]c1-c1ccccc1)Cc1cc(-c3ccccc3)c(C(C)(C)C)cc1-2.Clc1ccc([C](=[Zr+2])c2ccccc2)cc1.[C-]1=CC=CC1.[Cl-].[Cl-]. The van der Waals surface area contributed by atoms with Gasteiger partial charge in [0.25, 0.3) is 0 Å². The summed E-state index contributed by atoms with van der Waals surface area (Å²) in [5, 5.41) is 0.787. The van der Waals surface area contributed by atoms with Gasteiger partial charge < -0.3 is 24.8 Å². The van der Waals surface area contributed by atoms with E-state index in [1.165, 1.54) is 94.2 Å². The molecule has 4 heteroatoms. The summed E-state index contributed by atoms with van der Waals surface area (Å²) in [6.07, 6.45) is 10.9. The second kappa shape index (κ2) is 19.5. The summed E-state index contributed by atoms with van der Waals surface area (Å²) in [5.41, 5.74) is 16.0. The van der Waals surface area contributed by atoms with Crippen LogP contribution in [0.1, 0.15) is 81.3 Å². The molecule has 0 unspecified atom stereocenters. The van der Waals surface area contributed by atoms with Crippen molar-refractivity contribution in [1.82, 2.24) is 0 Å². The van der Waals surface area contributed by atoms with Crippen LogP contribution in [0.5, 0.6) is 0 Å². The Morgan fingerprint density at radius 3 is 1.64 bits per heavy atom. The standard InChI is InChI=1S/C33H33.C13H9Cl.C5H5.2ClH.Zr/c1-32(2,3)30-20-26-24(18-28(30)22-13-9-7-10-14-22)17-25-19-29(23-15-11-8-12-16-23)31(21-27(25)26)33(4,5)6;14-13-8-6-12(7-9-13)10-11-4-2-1-3-5-11;1-2-4-5-3-1;;;/h7-16,18,20-21H,17H2,1-6H3;1-9H;1-3H,4H2;2*1H;/q-1;;-1;;;+2/p-2. The molecule has 6 aromatic carbocycles. The van der Waals surface area contributed by atoms with Crippen LogP contribution in [0, 0.1) is 12.1 Å². The Hall–Kier alpha value is -3.58. The molecule has 6 aromatic rings. The third-order valence-electron chi connectivity index (χ3n) is 9.60. The predicted octanol–water partition coefficient (Wildman–Crippen LogP) is 7.76. The van der Waals surface area contributed by atoms with Crippen molar-refractivity contribution < 1.29 is 49.0 Å². The normalized spacial score (nSPS) is 12.2. The monoisotopic (exact) mass is 854 g/mol. The van der Waals surface area contributed by atoms with E-state index < -0.39 is 0 Å². The largest absolute Gasteiger partial charge is 1.00 e. The van der Waals surface area contributed by atoms with E-state index in [4.69, 9.17) is 11.6 Å². The molecule has 55 heavy (non-hydrogen) atoms. The molecule has 8 rings (SSSR count). The van der Waals surface area contributed by atoms with Gasteiger partial charge in [-0.15, -0.1) is 35.2 Å². The number of rotatable bonds is 4. The van der Waals surface area contributed by atoms with E-state index in [9.17, 15) is 0 Å². The van der Waals surface area contributed by atoms with E-state index in [0.717, 1.165) is 17.9 Å². The van der Waals surface area contributed by atoms with Gasteiger partial charge in [0.15, 0.2) is 0 Å². The van der Waals surface area contributed by atoms with Crippen LogP contribution < -0.4 is 24.8 Å². The van der Waals surface area contributed by atoms with E-state index in [0.29, 0.717) is 0 Å². The first kappa shape index (κ1) is 44.1. The number of hydrogen-bond donors (Lipinski definition) is 0. The van der Waals surface area contributed by atoms with Crippen molar-refractivity contribution >= 4 is 14.8 Å². The van der Waals surface area contributed by atoms with Crippen LogP contribution in [0.4, 0.5) is 0 Å². The van der Waals surface area contributed by atoms with E-state index in [-0.39, 0.29) is 35.6 Å². The Labute approximate surface area is 361 Å². The van der Waals surface area contributed by atoms with E-state index in [2.05, 4.69) is 175 Å². The number of hydrogen-bond acceptors (Lipinski definition) is 0. The second-order valence-corrected chi connectivity index (χ2v) is 17.3. The van der Waals surface area contributed by atoms with Gasteiger partial charge in [0.1, 0.15) is 0 Å². The smallest absolute Gasteiger partial charge is 0.109 e. The maximum Gasteiger partial charge on any atom is -0.109 e. The van der Waals surface area contributed by atoms with Crippen LogP contribution >= 0.6 is 11.6 Å². The molecule has 0 aliphatic heterocycles. The van der Waals surface area contributed by atoms with Crippen molar-refractivity contribution in [2.75, 3.05) is 0 Å². The number of allylic oxidation sites excluding steroid dienone is 4. The van der Waals surface area contributed by atoms with Gasteiger partial charge in [-0.25, -0.2) is 12.2 Å². The zero-order chi connectivity index (χ0) is 37.6. The molecule has 0 saturated carbocycles. The molecule has 0 atom stereocenters. The number of halogens is 3. The molecule has 2 aliphatic rings. The van der Waals surface area contributed by atoms with E-state index >= 15 is 0 Å². The van der Waals surface area contributed by atoms with Crippen molar-refractivity contribution in [3.63, 3.8) is 0 Å². The first-order valence-electron chi connectivity index (χ1n) is 18.4. The Kier molecular flexibility index (Phi) is 15.7. The maximum atomic E-state index is 5.86. The number of fused-ring (bicyclic) bond motifs is 3. The summed E-state index contributed by atoms with van der Waals surface area (Å²) < 4.78 is 1.36. The molecule has 0 heterocycles. The van der Waals surface area contributed by atoms with Gasteiger partial charge in [-0.3, -0.25) is 6.08 Å². The van der Waals surface area contributed by atoms with E-state index in [1.54, 1.807) is 0 Å². The molecule has 278 valence electrons. The summed E-state index contributed by atoms with van der Waals surface area (Å²) in [7, 11) is 0. The molecule has 0 aromatic heterocycles. The van der Waals surface area contributed by atoms with Gasteiger partial charge in [0, 0.05) is 0 Å². The fourth-order valence-corrected chi connectivity index (χ4v) is 7.78. The minimum atomic E-state index is 0. The van der Waals surface area contributed by atoms with Crippen LogP contribution in [0.2, 0.25) is 5.02 Å². The molecule has 0 radical (unpaired) electrons. The third-order valence-corrected chi connectivity index (χ3v) is 11.3. The summed E-state index contributed by atoms with van der Waals surface area (Å²) in [6.45, 7) is 13.9. The minimum absolute atomic E-state index is 0. The van der Waals surface area contributed by atoms with Gasteiger partial charge in [0.05, 0.1) is 0 Å². The fraction of sp³-hybridized carbons (Fsp3) is 0.196. The van der Waals surface area contributed by atoms with Crippen LogP contribution in [0.3, 0.4) is 0 Å². The molecule has 0 saturated heterocycles. The zero-order valence-corrected chi connectivity index (χ0v) is 37.2. The minimum Gasteiger partial charge on any atom is -1.00 e. The quantitative estimate of drug-likeness (QED) is 0.159. The Bertz CT molecular complexity index is 2120. The second-order valence-electron chi connectivity index (χ2n) is 15.7. The molecular weight excluding hydrogens is 810 g/mol. The average molecular weight is 858 g/mol. The topological polar surface area (TPSA) is 0 Å². The molecule has 0 fully saturated rings. The Morgan fingerprint density at radius 1 is 0.600 bits per heavy atom. The molecule has 0 nitrogen and oxygen atoms in total. The Balaban J connectivity index is 0.000000253. The molecule has 0 spiro atoms. The summed E-state index contributed by atoms with van der Waals surface area (Å²) >= 11 is 7.28. The van der Waals surface area contributed by atoms with Crippen molar-refractivity contribution in [3.8, 4) is 33.4 Å². The zero-order valence-electron chi connectivity index (χ0n) is 32.5. The first-order chi connectivity index (χ1) is 25.4. The van der Waals surface area contributed by atoms with Gasteiger partial charge in [-0.1, -0.05) is 131 Å². The maximum absolute atomic E-state index is 5.86. The molecule has 0 N–H and O–H groups in total. The van der Waals surface area contributed by atoms with Crippen LogP contribution in [-0.2, 0) is 41.5 Å². The Morgan fingerprint density at radius 2 is 1.13 bits per heavy atom. The fourth-order valence-electron chi connectivity index (χ4n) is 6.83. The summed E-state index contributed by atoms with van der Waals surface area (Å²) in [4.78, 5) is 0. The average Bonchev–Trinajstić information content (AvgIpc) is 3.86. The van der Waals surface area contributed by atoms with Crippen LogP contribution in [0.15, 0.2) is 152 Å². The summed E-state index contributed by atoms with van der Waals surface area (Å²) in [5.74, 6) is 0. The van der Waals surface area contributed by atoms with Crippen LogP contribution in [0.25, 0.3) is 33.4 Å². The van der Waals surface area contributed by atoms with Gasteiger partial charge >= 0.3 is 110 Å². The third kappa shape index (κ3) is 11.1. The summed E-state index contributed by atoms with van der Waals surface area (Å²) in [6, 6.07) is 51.3. The van der Waals surface area contributed by atoms with Crippen molar-refractivity contribution in [2.24, 2.45) is 0 Å². The molecule has 0 bridgehead atoms. The van der Waals surface area contributed by atoms with Crippen LogP contribution in [-0.4, -0.2) is 3.21 Å². The first-order valence-corrected chi connectivity index (χ1v) is 20.0. The number of benzene rings is 6.